The maximum absolute atomic E-state index is 11.4. The van der Waals surface area contributed by atoms with Crippen LogP contribution in [0, 0.1) is 5.41 Å². The van der Waals surface area contributed by atoms with Crippen LogP contribution in [0.5, 0.6) is 11.5 Å². The summed E-state index contributed by atoms with van der Waals surface area (Å²) >= 11 is 0. The molecule has 12 heteroatoms. The van der Waals surface area contributed by atoms with Crippen LogP contribution in [0.2, 0.25) is 0 Å². The monoisotopic (exact) mass is 377 g/mol. The Balaban J connectivity index is 1.95. The molecule has 1 fully saturated rings. The normalized spacial score (nSPS) is 20.4. The van der Waals surface area contributed by atoms with E-state index in [1.54, 1.807) is 18.2 Å². The minimum atomic E-state index is -0.887. The first-order valence-corrected chi connectivity index (χ1v) is 7.52. The molecule has 0 unspecified atom stereocenters. The van der Waals surface area contributed by atoms with E-state index in [0.29, 0.717) is 17.1 Å². The number of nitrogens with zero attached hydrogens (tertiary/aromatic N) is 2. The van der Waals surface area contributed by atoms with Gasteiger partial charge < -0.3 is 23.7 Å². The van der Waals surface area contributed by atoms with Crippen LogP contribution in [0.4, 0.5) is 9.59 Å². The molecule has 0 aliphatic carbocycles. The van der Waals surface area contributed by atoms with Crippen LogP contribution in [0.15, 0.2) is 28.4 Å². The number of hydrogen-bond donors (Lipinski definition) is 3. The summed E-state index contributed by atoms with van der Waals surface area (Å²) in [4.78, 5) is 22.6. The minimum Gasteiger partial charge on any atom is -0.461 e. The molecule has 3 N–H and O–H groups in total. The lowest BCUT2D eigenvalue weighted by Crippen LogP contribution is -2.27. The number of fused-ring (bicyclic) bond motifs is 1. The number of ether oxygens (including phenoxy) is 5. The van der Waals surface area contributed by atoms with Crippen LogP contribution in [-0.2, 0) is 14.2 Å². The number of hydrogen-bond acceptors (Lipinski definition) is 10. The van der Waals surface area contributed by atoms with Gasteiger partial charge in [-0.25, -0.2) is 20.4 Å². The number of methoxy groups -OCH3 is 2. The molecule has 27 heavy (non-hydrogen) atoms. The molecule has 0 saturated carbocycles. The summed E-state index contributed by atoms with van der Waals surface area (Å²) in [7, 11) is 2.33. The molecule has 1 atom stereocenters. The predicted octanol–water partition coefficient (Wildman–Crippen LogP) is 0.888. The van der Waals surface area contributed by atoms with Crippen molar-refractivity contribution in [2.45, 2.75) is 6.10 Å². The van der Waals surface area contributed by atoms with Gasteiger partial charge in [0, 0.05) is 5.56 Å². The average molecular weight is 377 g/mol. The van der Waals surface area contributed by atoms with Gasteiger partial charge in [0.2, 0.25) is 12.7 Å². The van der Waals surface area contributed by atoms with Crippen molar-refractivity contribution in [3.63, 3.8) is 0 Å². The smallest absolute Gasteiger partial charge is 0.427 e. The zero-order chi connectivity index (χ0) is 19.4. The second-order valence-electron chi connectivity index (χ2n) is 5.10. The molecule has 2 aliphatic heterocycles. The molecule has 12 nitrogen and oxygen atoms in total. The van der Waals surface area contributed by atoms with E-state index in [1.165, 1.54) is 7.11 Å². The second kappa shape index (κ2) is 7.59. The molecule has 0 bridgehead atoms. The summed E-state index contributed by atoms with van der Waals surface area (Å²) in [5, 5.41) is 15.7. The first-order chi connectivity index (χ1) is 13.0. The first kappa shape index (κ1) is 18.0. The van der Waals surface area contributed by atoms with Gasteiger partial charge in [0.25, 0.3) is 0 Å². The van der Waals surface area contributed by atoms with Gasteiger partial charge in [0.1, 0.15) is 5.71 Å². The zero-order valence-electron chi connectivity index (χ0n) is 14.3. The topological polar surface area (TPSA) is 153 Å². The van der Waals surface area contributed by atoms with Gasteiger partial charge in [0.05, 0.1) is 14.2 Å². The third kappa shape index (κ3) is 3.73. The van der Waals surface area contributed by atoms with E-state index in [2.05, 4.69) is 30.5 Å². The van der Waals surface area contributed by atoms with Crippen LogP contribution in [-0.4, -0.2) is 50.5 Å². The zero-order valence-corrected chi connectivity index (χ0v) is 14.3. The van der Waals surface area contributed by atoms with E-state index >= 15 is 0 Å². The second-order valence-corrected chi connectivity index (χ2v) is 5.10. The Morgan fingerprint density at radius 3 is 2.48 bits per heavy atom. The number of amides is 2. The van der Waals surface area contributed by atoms with Crippen molar-refractivity contribution in [1.29, 1.82) is 5.41 Å². The Kier molecular flexibility index (Phi) is 5.06. The Hall–Kier alpha value is -3.83. The third-order valence-corrected chi connectivity index (χ3v) is 3.54. The molecule has 0 spiro atoms. The number of carbonyl (C=O) groups is 2. The SMILES string of the molecule is COC(=O)N/N=C1/C(=N)O[C@@H](c2ccc3c(c2)OCO3)/C1=N/NC(=O)OC. The van der Waals surface area contributed by atoms with Gasteiger partial charge >= 0.3 is 12.2 Å². The van der Waals surface area contributed by atoms with Crippen molar-refractivity contribution in [3.8, 4) is 11.5 Å². The molecule has 0 radical (unpaired) electrons. The fourth-order valence-corrected chi connectivity index (χ4v) is 2.29. The molecule has 3 rings (SSSR count). The van der Waals surface area contributed by atoms with Gasteiger partial charge in [-0.2, -0.15) is 10.2 Å². The van der Waals surface area contributed by atoms with Gasteiger partial charge in [0.15, 0.2) is 23.3 Å². The molecule has 142 valence electrons. The number of nitrogens with one attached hydrogen (secondary N) is 3. The molecule has 1 aromatic rings. The van der Waals surface area contributed by atoms with Crippen molar-refractivity contribution in [2.24, 2.45) is 10.2 Å². The Bertz CT molecular complexity index is 851. The molecule has 1 saturated heterocycles. The molecule has 2 amide bonds. The highest BCUT2D eigenvalue weighted by atomic mass is 16.7. The van der Waals surface area contributed by atoms with E-state index in [0.717, 1.165) is 7.11 Å². The lowest BCUT2D eigenvalue weighted by atomic mass is 10.0. The standard InChI is InChI=1S/C15H15N5O7/c1-23-14(21)19-17-10-11(18-20-15(22)24-2)13(16)27-12(10)7-3-4-8-9(5-7)26-6-25-8/h3-5,12,16H,6H2,1-2H3,(H,19,21)(H,20,22)/b16-13?,17-10+,18-11+/t12-/m0/s1. The highest BCUT2D eigenvalue weighted by Crippen LogP contribution is 2.36. The van der Waals surface area contributed by atoms with Crippen LogP contribution < -0.4 is 20.3 Å². The quantitative estimate of drug-likeness (QED) is 0.661. The largest absolute Gasteiger partial charge is 0.461 e. The highest BCUT2D eigenvalue weighted by molar-refractivity contribution is 6.69. The summed E-state index contributed by atoms with van der Waals surface area (Å²) in [6, 6.07) is 5.03. The predicted molar refractivity (Wildman–Crippen MR) is 90.1 cm³/mol. The molecule has 1 aromatic carbocycles. The van der Waals surface area contributed by atoms with Crippen molar-refractivity contribution in [3.05, 3.63) is 23.8 Å². The fourth-order valence-electron chi connectivity index (χ4n) is 2.29. The molecule has 2 aliphatic rings. The average Bonchev–Trinajstić information content (AvgIpc) is 3.27. The van der Waals surface area contributed by atoms with E-state index in [4.69, 9.17) is 19.6 Å². The third-order valence-electron chi connectivity index (χ3n) is 3.54. The molecule has 0 aromatic heterocycles. The van der Waals surface area contributed by atoms with Gasteiger partial charge in [-0.3, -0.25) is 5.41 Å². The summed E-state index contributed by atoms with van der Waals surface area (Å²) < 4.78 is 25.0. The Morgan fingerprint density at radius 1 is 1.11 bits per heavy atom. The lowest BCUT2D eigenvalue weighted by molar-refractivity contribution is 0.170. The van der Waals surface area contributed by atoms with E-state index in [1.807, 2.05) is 0 Å². The van der Waals surface area contributed by atoms with Crippen LogP contribution in [0.3, 0.4) is 0 Å². The van der Waals surface area contributed by atoms with Crippen LogP contribution in [0.25, 0.3) is 0 Å². The van der Waals surface area contributed by atoms with Crippen molar-refractivity contribution < 1.29 is 33.3 Å². The Morgan fingerprint density at radius 2 is 1.78 bits per heavy atom. The van der Waals surface area contributed by atoms with Crippen molar-refractivity contribution >= 4 is 29.5 Å². The number of hydrazone groups is 2. The van der Waals surface area contributed by atoms with Crippen molar-refractivity contribution in [1.82, 2.24) is 10.9 Å². The fraction of sp³-hybridized carbons (Fsp3) is 0.267. The summed E-state index contributed by atoms with van der Waals surface area (Å²) in [5.74, 6) is 0.708. The van der Waals surface area contributed by atoms with Crippen LogP contribution in [0.1, 0.15) is 11.7 Å². The van der Waals surface area contributed by atoms with E-state index < -0.39 is 18.3 Å². The first-order valence-electron chi connectivity index (χ1n) is 7.52. The number of rotatable bonds is 3. The maximum atomic E-state index is 11.4. The van der Waals surface area contributed by atoms with E-state index in [-0.39, 0.29) is 24.1 Å². The molecular formula is C15H15N5O7. The summed E-state index contributed by atoms with van der Waals surface area (Å²) in [6.07, 6.45) is -2.56. The lowest BCUT2D eigenvalue weighted by Gasteiger charge is -2.11. The van der Waals surface area contributed by atoms with Gasteiger partial charge in [-0.1, -0.05) is 6.07 Å². The van der Waals surface area contributed by atoms with Crippen molar-refractivity contribution in [2.75, 3.05) is 21.0 Å². The van der Waals surface area contributed by atoms with Crippen LogP contribution >= 0.6 is 0 Å². The summed E-state index contributed by atoms with van der Waals surface area (Å²) in [5.41, 5.74) is 4.77. The molecule has 2 heterocycles. The Labute approximate surface area is 152 Å². The van der Waals surface area contributed by atoms with E-state index in [9.17, 15) is 9.59 Å². The molecular weight excluding hydrogens is 362 g/mol. The maximum Gasteiger partial charge on any atom is 0.427 e. The number of carbonyl (C=O) groups excluding carboxylic acids is 2. The van der Waals surface area contributed by atoms with Gasteiger partial charge in [-0.05, 0) is 12.1 Å². The minimum absolute atomic E-state index is 0.0701. The van der Waals surface area contributed by atoms with Gasteiger partial charge in [-0.15, -0.1) is 0 Å². The highest BCUT2D eigenvalue weighted by Gasteiger charge is 2.38. The number of benzene rings is 1. The summed E-state index contributed by atoms with van der Waals surface area (Å²) in [6.45, 7) is 0.0979.